The van der Waals surface area contributed by atoms with Crippen molar-refractivity contribution in [2.75, 3.05) is 0 Å². The topological polar surface area (TPSA) is 60.7 Å². The van der Waals surface area contributed by atoms with E-state index in [1.54, 1.807) is 0 Å². The van der Waals surface area contributed by atoms with Gasteiger partial charge in [0.1, 0.15) is 0 Å². The number of aliphatic hydroxyl groups is 3. The summed E-state index contributed by atoms with van der Waals surface area (Å²) in [6.45, 7) is 0. The molecule has 0 radical (unpaired) electrons. The Balaban J connectivity index is 2.07. The van der Waals surface area contributed by atoms with Crippen LogP contribution in [0, 0.1) is 5.92 Å². The molecule has 2 atom stereocenters. The average molecular weight is 170 g/mol. The Morgan fingerprint density at radius 3 is 1.58 bits per heavy atom. The van der Waals surface area contributed by atoms with Crippen molar-refractivity contribution in [1.82, 2.24) is 0 Å². The fourth-order valence-corrected chi connectivity index (χ4v) is 3.85. The summed E-state index contributed by atoms with van der Waals surface area (Å²) in [5, 5.41) is 29.9. The zero-order valence-corrected chi connectivity index (χ0v) is 6.95. The third-order valence-electron chi connectivity index (χ3n) is 4.21. The molecule has 0 aromatic rings. The molecule has 0 aromatic heterocycles. The minimum absolute atomic E-state index is 0.252. The van der Waals surface area contributed by atoms with Crippen molar-refractivity contribution in [2.45, 2.75) is 48.9 Å². The van der Waals surface area contributed by atoms with E-state index < -0.39 is 16.8 Å². The maximum absolute atomic E-state index is 10.0. The highest BCUT2D eigenvalue weighted by Crippen LogP contribution is 2.67. The van der Waals surface area contributed by atoms with Crippen LogP contribution < -0.4 is 0 Å². The van der Waals surface area contributed by atoms with E-state index in [-0.39, 0.29) is 5.92 Å². The lowest BCUT2D eigenvalue weighted by Gasteiger charge is -2.53. The molecular formula is C9H14O3. The molecule has 3 heteroatoms. The van der Waals surface area contributed by atoms with Gasteiger partial charge in [0.2, 0.25) is 0 Å². The third-order valence-corrected chi connectivity index (χ3v) is 4.21. The molecule has 0 spiro atoms. The maximum Gasteiger partial charge on any atom is 0.0759 e. The van der Waals surface area contributed by atoms with Crippen LogP contribution in [0.15, 0.2) is 0 Å². The molecule has 3 nitrogen and oxygen atoms in total. The van der Waals surface area contributed by atoms with E-state index >= 15 is 0 Å². The van der Waals surface area contributed by atoms with E-state index in [2.05, 4.69) is 0 Å². The van der Waals surface area contributed by atoms with Gasteiger partial charge in [-0.1, -0.05) is 0 Å². The van der Waals surface area contributed by atoms with Gasteiger partial charge < -0.3 is 15.3 Å². The molecule has 68 valence electrons. The van der Waals surface area contributed by atoms with E-state index in [9.17, 15) is 15.3 Å². The second kappa shape index (κ2) is 1.59. The molecule has 3 rings (SSSR count). The van der Waals surface area contributed by atoms with E-state index in [0.29, 0.717) is 32.1 Å². The quantitative estimate of drug-likeness (QED) is 0.471. The summed E-state index contributed by atoms with van der Waals surface area (Å²) in [4.78, 5) is 0. The van der Waals surface area contributed by atoms with Crippen LogP contribution >= 0.6 is 0 Å². The van der Waals surface area contributed by atoms with Gasteiger partial charge in [-0.3, -0.25) is 0 Å². The average Bonchev–Trinajstić information content (AvgIpc) is 2.28. The van der Waals surface area contributed by atoms with Crippen molar-refractivity contribution in [3.63, 3.8) is 0 Å². The van der Waals surface area contributed by atoms with Crippen LogP contribution in [-0.4, -0.2) is 32.1 Å². The van der Waals surface area contributed by atoms with Crippen LogP contribution in [0.4, 0.5) is 0 Å². The van der Waals surface area contributed by atoms with Gasteiger partial charge in [0, 0.05) is 12.3 Å². The molecule has 0 aliphatic heterocycles. The smallest absolute Gasteiger partial charge is 0.0759 e. The molecule has 3 aliphatic carbocycles. The normalized spacial score (nSPS) is 67.8. The molecule has 0 saturated heterocycles. The zero-order chi connectivity index (χ0) is 8.61. The lowest BCUT2D eigenvalue weighted by atomic mass is 9.60. The zero-order valence-electron chi connectivity index (χ0n) is 6.95. The molecule has 12 heavy (non-hydrogen) atoms. The van der Waals surface area contributed by atoms with E-state index in [1.165, 1.54) is 0 Å². The van der Waals surface area contributed by atoms with Crippen molar-refractivity contribution in [1.29, 1.82) is 0 Å². The van der Waals surface area contributed by atoms with Gasteiger partial charge in [-0.25, -0.2) is 0 Å². The molecule has 3 saturated carbocycles. The third kappa shape index (κ3) is 0.543. The highest BCUT2D eigenvalue weighted by atomic mass is 16.3. The first-order valence-electron chi connectivity index (χ1n) is 4.66. The van der Waals surface area contributed by atoms with Crippen LogP contribution in [0.5, 0.6) is 0 Å². The van der Waals surface area contributed by atoms with Gasteiger partial charge in [-0.2, -0.15) is 0 Å². The van der Waals surface area contributed by atoms with Crippen molar-refractivity contribution < 1.29 is 15.3 Å². The van der Waals surface area contributed by atoms with Crippen LogP contribution in [0.3, 0.4) is 0 Å². The first-order chi connectivity index (χ1) is 5.49. The fourth-order valence-electron chi connectivity index (χ4n) is 3.85. The van der Waals surface area contributed by atoms with E-state index in [4.69, 9.17) is 0 Å². The van der Waals surface area contributed by atoms with Crippen LogP contribution in [-0.2, 0) is 0 Å². The Hall–Kier alpha value is -0.120. The second-order valence-electron chi connectivity index (χ2n) is 4.92. The summed E-state index contributed by atoms with van der Waals surface area (Å²) in [5.41, 5.74) is -2.22. The Labute approximate surface area is 71.0 Å². The Bertz CT molecular complexity index is 232. The molecule has 2 unspecified atom stereocenters. The molecule has 3 fully saturated rings. The van der Waals surface area contributed by atoms with Gasteiger partial charge in [-0.05, 0) is 25.7 Å². The van der Waals surface area contributed by atoms with Gasteiger partial charge in [0.25, 0.3) is 0 Å². The van der Waals surface area contributed by atoms with Crippen molar-refractivity contribution >= 4 is 0 Å². The highest BCUT2D eigenvalue weighted by molar-refractivity contribution is 5.27. The largest absolute Gasteiger partial charge is 0.389 e. The summed E-state index contributed by atoms with van der Waals surface area (Å²) in [7, 11) is 0. The van der Waals surface area contributed by atoms with E-state index in [1.807, 2.05) is 0 Å². The van der Waals surface area contributed by atoms with Crippen LogP contribution in [0.2, 0.25) is 0 Å². The number of hydrogen-bond acceptors (Lipinski definition) is 3. The molecule has 0 aromatic carbocycles. The molecule has 3 N–H and O–H groups in total. The van der Waals surface area contributed by atoms with Crippen molar-refractivity contribution in [3.05, 3.63) is 0 Å². The molecule has 0 amide bonds. The predicted octanol–water partition coefficient (Wildman–Crippen LogP) is -0.213. The minimum Gasteiger partial charge on any atom is -0.389 e. The second-order valence-corrected chi connectivity index (χ2v) is 4.92. The van der Waals surface area contributed by atoms with Gasteiger partial charge in [0.05, 0.1) is 16.8 Å². The Morgan fingerprint density at radius 2 is 1.17 bits per heavy atom. The van der Waals surface area contributed by atoms with Crippen LogP contribution in [0.25, 0.3) is 0 Å². The lowest BCUT2D eigenvalue weighted by Crippen LogP contribution is -2.64. The molecule has 0 heterocycles. The van der Waals surface area contributed by atoms with E-state index in [0.717, 1.165) is 0 Å². The van der Waals surface area contributed by atoms with Crippen molar-refractivity contribution in [2.24, 2.45) is 5.92 Å². The first-order valence-corrected chi connectivity index (χ1v) is 4.66. The SMILES string of the molecule is OC12CCC3(O)CC(O)(CC1)C23. The summed E-state index contributed by atoms with van der Waals surface area (Å²) in [6, 6.07) is 0. The molecule has 0 bridgehead atoms. The van der Waals surface area contributed by atoms with Gasteiger partial charge in [0.15, 0.2) is 0 Å². The van der Waals surface area contributed by atoms with Crippen LogP contribution in [0.1, 0.15) is 32.1 Å². The maximum atomic E-state index is 10.0. The summed E-state index contributed by atoms with van der Waals surface area (Å²) >= 11 is 0. The summed E-state index contributed by atoms with van der Waals surface area (Å²) in [6.07, 6.45) is 3.13. The monoisotopic (exact) mass is 170 g/mol. The van der Waals surface area contributed by atoms with Crippen molar-refractivity contribution in [3.8, 4) is 0 Å². The minimum atomic E-state index is -0.748. The Kier molecular flexibility index (Phi) is 0.965. The summed E-state index contributed by atoms with van der Waals surface area (Å²) in [5.74, 6) is -0.252. The summed E-state index contributed by atoms with van der Waals surface area (Å²) < 4.78 is 0. The Morgan fingerprint density at radius 1 is 0.750 bits per heavy atom. The first kappa shape index (κ1) is 7.30. The predicted molar refractivity (Wildman–Crippen MR) is 41.4 cm³/mol. The lowest BCUT2D eigenvalue weighted by molar-refractivity contribution is -0.233. The van der Waals surface area contributed by atoms with Gasteiger partial charge >= 0.3 is 0 Å². The highest BCUT2D eigenvalue weighted by Gasteiger charge is 2.75. The standard InChI is InChI=1S/C9H14O3/c10-7-1-3-8(11)5-9(12,4-2-7)6(7)8/h6,10-12H,1-5H2. The molecule has 3 aliphatic rings. The molecular weight excluding hydrogens is 156 g/mol. The number of hydrogen-bond donors (Lipinski definition) is 3. The van der Waals surface area contributed by atoms with Gasteiger partial charge in [-0.15, -0.1) is 0 Å². The number of rotatable bonds is 0. The fraction of sp³-hybridized carbons (Fsp3) is 1.00.